The number of carbonyl (C=O) groups is 1. The molecule has 2 aromatic carbocycles. The number of anilines is 1. The normalized spacial score (nSPS) is 13.1. The fourth-order valence-corrected chi connectivity index (χ4v) is 3.91. The number of hydrogen-bond donors (Lipinski definition) is 1. The zero-order valence-corrected chi connectivity index (χ0v) is 15.7. The van der Waals surface area contributed by atoms with E-state index in [1.165, 1.54) is 17.4 Å². The Labute approximate surface area is 159 Å². The second kappa shape index (κ2) is 7.00. The summed E-state index contributed by atoms with van der Waals surface area (Å²) in [5.41, 5.74) is 3.35. The minimum absolute atomic E-state index is 0.0842. The first-order valence-corrected chi connectivity index (χ1v) is 9.27. The molecule has 0 saturated carbocycles. The Morgan fingerprint density at radius 2 is 1.93 bits per heavy atom. The lowest BCUT2D eigenvalue weighted by Crippen LogP contribution is -2.19. The van der Waals surface area contributed by atoms with E-state index in [2.05, 4.69) is 10.3 Å². The molecule has 2 heterocycles. The fraction of sp³-hybridized carbons (Fsp3) is 0.200. The van der Waals surface area contributed by atoms with Crippen molar-refractivity contribution >= 4 is 22.9 Å². The van der Waals surface area contributed by atoms with Gasteiger partial charge in [-0.05, 0) is 42.3 Å². The van der Waals surface area contributed by atoms with E-state index in [9.17, 15) is 9.18 Å². The molecule has 4 rings (SSSR count). The van der Waals surface area contributed by atoms with Gasteiger partial charge in [0.15, 0.2) is 11.5 Å². The SMILES string of the molecule is COc1ccc(-c2nc(-c3cc4c(cc3F)NC(=O)CC4)cs2)cc1OC. The molecule has 138 valence electrons. The van der Waals surface area contributed by atoms with Crippen LogP contribution in [0.25, 0.3) is 21.8 Å². The number of hydrogen-bond acceptors (Lipinski definition) is 5. The Balaban J connectivity index is 1.70. The zero-order valence-electron chi connectivity index (χ0n) is 14.8. The third kappa shape index (κ3) is 3.26. The predicted molar refractivity (Wildman–Crippen MR) is 103 cm³/mol. The Morgan fingerprint density at radius 3 is 2.70 bits per heavy atom. The summed E-state index contributed by atoms with van der Waals surface area (Å²) in [5.74, 6) is 0.766. The molecule has 0 atom stereocenters. The van der Waals surface area contributed by atoms with E-state index >= 15 is 0 Å². The standard InChI is InChI=1S/C20H17FN2O3S/c1-25-17-5-3-12(8-18(17)26-2)20-23-16(10-27-20)13-7-11-4-6-19(24)22-15(11)9-14(13)21/h3,5,7-10H,4,6H2,1-2H3,(H,22,24). The molecule has 1 aliphatic heterocycles. The van der Waals surface area contributed by atoms with Crippen molar-refractivity contribution in [1.29, 1.82) is 0 Å². The summed E-state index contributed by atoms with van der Waals surface area (Å²) in [6.45, 7) is 0. The van der Waals surface area contributed by atoms with Gasteiger partial charge in [-0.2, -0.15) is 0 Å². The van der Waals surface area contributed by atoms with Gasteiger partial charge in [0.05, 0.1) is 19.9 Å². The van der Waals surface area contributed by atoms with Gasteiger partial charge in [0.2, 0.25) is 5.91 Å². The lowest BCUT2D eigenvalue weighted by atomic mass is 9.99. The highest BCUT2D eigenvalue weighted by molar-refractivity contribution is 7.13. The lowest BCUT2D eigenvalue weighted by Gasteiger charge is -2.17. The van der Waals surface area contributed by atoms with Gasteiger partial charge in [-0.1, -0.05) is 0 Å². The fourth-order valence-electron chi connectivity index (χ4n) is 3.10. The summed E-state index contributed by atoms with van der Waals surface area (Å²) in [5, 5.41) is 5.30. The van der Waals surface area contributed by atoms with Crippen molar-refractivity contribution in [3.8, 4) is 33.3 Å². The monoisotopic (exact) mass is 384 g/mol. The topological polar surface area (TPSA) is 60.5 Å². The van der Waals surface area contributed by atoms with Gasteiger partial charge < -0.3 is 14.8 Å². The summed E-state index contributed by atoms with van der Waals surface area (Å²) in [6, 6.07) is 8.70. The van der Waals surface area contributed by atoms with E-state index in [-0.39, 0.29) is 5.91 Å². The zero-order chi connectivity index (χ0) is 19.0. The molecule has 1 aromatic heterocycles. The number of aryl methyl sites for hydroxylation is 1. The summed E-state index contributed by atoms with van der Waals surface area (Å²) in [6.07, 6.45) is 1.01. The van der Waals surface area contributed by atoms with Crippen molar-refractivity contribution in [3.63, 3.8) is 0 Å². The Hall–Kier alpha value is -2.93. The molecule has 0 bridgehead atoms. The van der Waals surface area contributed by atoms with Crippen molar-refractivity contribution in [2.75, 3.05) is 19.5 Å². The summed E-state index contributed by atoms with van der Waals surface area (Å²) in [7, 11) is 3.16. The van der Waals surface area contributed by atoms with Crippen LogP contribution in [-0.2, 0) is 11.2 Å². The molecule has 3 aromatic rings. The molecule has 1 aliphatic rings. The number of fused-ring (bicyclic) bond motifs is 1. The number of carbonyl (C=O) groups excluding carboxylic acids is 1. The largest absolute Gasteiger partial charge is 0.493 e. The van der Waals surface area contributed by atoms with Gasteiger partial charge in [-0.15, -0.1) is 11.3 Å². The smallest absolute Gasteiger partial charge is 0.224 e. The van der Waals surface area contributed by atoms with Crippen LogP contribution < -0.4 is 14.8 Å². The number of thiazole rings is 1. The van der Waals surface area contributed by atoms with Gasteiger partial charge in [-0.25, -0.2) is 9.37 Å². The van der Waals surface area contributed by atoms with Crippen molar-refractivity contribution in [3.05, 3.63) is 47.1 Å². The third-order valence-electron chi connectivity index (χ3n) is 4.50. The predicted octanol–water partition coefficient (Wildman–Crippen LogP) is 4.52. The number of nitrogens with one attached hydrogen (secondary N) is 1. The Kier molecular flexibility index (Phi) is 4.53. The van der Waals surface area contributed by atoms with Crippen LogP contribution in [0, 0.1) is 5.82 Å². The number of halogens is 1. The average Bonchev–Trinajstić information content (AvgIpc) is 3.16. The van der Waals surface area contributed by atoms with Crippen molar-refractivity contribution < 1.29 is 18.7 Å². The molecule has 7 heteroatoms. The second-order valence-corrected chi connectivity index (χ2v) is 7.00. The maximum absolute atomic E-state index is 14.6. The van der Waals surface area contributed by atoms with Gasteiger partial charge >= 0.3 is 0 Å². The summed E-state index contributed by atoms with van der Waals surface area (Å²) >= 11 is 1.43. The molecular weight excluding hydrogens is 367 g/mol. The lowest BCUT2D eigenvalue weighted by molar-refractivity contribution is -0.116. The number of benzene rings is 2. The van der Waals surface area contributed by atoms with Crippen LogP contribution in [0.2, 0.25) is 0 Å². The molecule has 0 fully saturated rings. The maximum Gasteiger partial charge on any atom is 0.224 e. The van der Waals surface area contributed by atoms with Crippen LogP contribution in [-0.4, -0.2) is 25.1 Å². The highest BCUT2D eigenvalue weighted by Crippen LogP contribution is 2.37. The molecule has 1 amide bonds. The molecule has 0 spiro atoms. The number of nitrogens with zero attached hydrogens (tertiary/aromatic N) is 1. The van der Waals surface area contributed by atoms with E-state index in [1.807, 2.05) is 23.6 Å². The number of ether oxygens (including phenoxy) is 2. The van der Waals surface area contributed by atoms with Gasteiger partial charge in [-0.3, -0.25) is 4.79 Å². The maximum atomic E-state index is 14.6. The second-order valence-electron chi connectivity index (χ2n) is 6.15. The highest BCUT2D eigenvalue weighted by Gasteiger charge is 2.20. The molecule has 0 radical (unpaired) electrons. The number of aromatic nitrogens is 1. The molecule has 1 N–H and O–H groups in total. The van der Waals surface area contributed by atoms with E-state index in [0.29, 0.717) is 41.3 Å². The van der Waals surface area contributed by atoms with Gasteiger partial charge in [0.1, 0.15) is 10.8 Å². The summed E-state index contributed by atoms with van der Waals surface area (Å²) < 4.78 is 25.2. The van der Waals surface area contributed by atoms with Crippen LogP contribution in [0.5, 0.6) is 11.5 Å². The first-order chi connectivity index (χ1) is 13.1. The van der Waals surface area contributed by atoms with Crippen molar-refractivity contribution in [1.82, 2.24) is 4.98 Å². The van der Waals surface area contributed by atoms with Crippen molar-refractivity contribution in [2.45, 2.75) is 12.8 Å². The van der Waals surface area contributed by atoms with E-state index < -0.39 is 5.82 Å². The molecule has 27 heavy (non-hydrogen) atoms. The Bertz CT molecular complexity index is 1030. The molecule has 0 saturated heterocycles. The minimum atomic E-state index is -0.403. The molecule has 0 aliphatic carbocycles. The number of amides is 1. The first-order valence-electron chi connectivity index (χ1n) is 8.39. The van der Waals surface area contributed by atoms with Crippen LogP contribution in [0.1, 0.15) is 12.0 Å². The van der Waals surface area contributed by atoms with E-state index in [1.54, 1.807) is 20.3 Å². The van der Waals surface area contributed by atoms with Crippen LogP contribution in [0.15, 0.2) is 35.7 Å². The number of methoxy groups -OCH3 is 2. The van der Waals surface area contributed by atoms with Gasteiger partial charge in [0.25, 0.3) is 0 Å². The Morgan fingerprint density at radius 1 is 1.11 bits per heavy atom. The highest BCUT2D eigenvalue weighted by atomic mass is 32.1. The molecule has 0 unspecified atom stereocenters. The van der Waals surface area contributed by atoms with Crippen LogP contribution >= 0.6 is 11.3 Å². The average molecular weight is 384 g/mol. The van der Waals surface area contributed by atoms with E-state index in [4.69, 9.17) is 9.47 Å². The van der Waals surface area contributed by atoms with E-state index in [0.717, 1.165) is 16.1 Å². The van der Waals surface area contributed by atoms with Crippen LogP contribution in [0.4, 0.5) is 10.1 Å². The number of rotatable bonds is 4. The van der Waals surface area contributed by atoms with Crippen molar-refractivity contribution in [2.24, 2.45) is 0 Å². The minimum Gasteiger partial charge on any atom is -0.493 e. The third-order valence-corrected chi connectivity index (χ3v) is 5.39. The quantitative estimate of drug-likeness (QED) is 0.719. The first kappa shape index (κ1) is 17.5. The molecular formula is C20H17FN2O3S. The summed E-state index contributed by atoms with van der Waals surface area (Å²) in [4.78, 5) is 16.1. The van der Waals surface area contributed by atoms with Gasteiger partial charge in [0, 0.05) is 28.6 Å². The van der Waals surface area contributed by atoms with Crippen LogP contribution in [0.3, 0.4) is 0 Å². The molecule has 5 nitrogen and oxygen atoms in total.